The Morgan fingerprint density at radius 2 is 1.94 bits per heavy atom. The van der Waals surface area contributed by atoms with Crippen LogP contribution in [-0.2, 0) is 0 Å². The van der Waals surface area contributed by atoms with Gasteiger partial charge in [-0.1, -0.05) is 28.1 Å². The summed E-state index contributed by atoms with van der Waals surface area (Å²) in [4.78, 5) is 0. The van der Waals surface area contributed by atoms with E-state index in [9.17, 15) is 4.39 Å². The summed E-state index contributed by atoms with van der Waals surface area (Å²) in [6.07, 6.45) is 0. The fourth-order valence-electron chi connectivity index (χ4n) is 1.52. The summed E-state index contributed by atoms with van der Waals surface area (Å²) in [5.74, 6) is 0.262. The van der Waals surface area contributed by atoms with Gasteiger partial charge in [0.05, 0.1) is 0 Å². The standard InChI is InChI=1S/C14H13BrFNO/c15-11-3-1-5-13(9-11)17-7-8-18-14-6-2-4-12(16)10-14/h1-6,9-10,17H,7-8H2. The first-order chi connectivity index (χ1) is 8.74. The molecule has 94 valence electrons. The first-order valence-electron chi connectivity index (χ1n) is 5.62. The Balaban J connectivity index is 1.76. The van der Waals surface area contributed by atoms with E-state index >= 15 is 0 Å². The lowest BCUT2D eigenvalue weighted by Gasteiger charge is -2.08. The zero-order valence-electron chi connectivity index (χ0n) is 9.70. The van der Waals surface area contributed by atoms with E-state index in [4.69, 9.17) is 4.74 Å². The van der Waals surface area contributed by atoms with Crippen LogP contribution < -0.4 is 10.1 Å². The van der Waals surface area contributed by atoms with Gasteiger partial charge >= 0.3 is 0 Å². The van der Waals surface area contributed by atoms with E-state index in [0.29, 0.717) is 18.9 Å². The quantitative estimate of drug-likeness (QED) is 0.840. The molecule has 0 spiro atoms. The van der Waals surface area contributed by atoms with Gasteiger partial charge < -0.3 is 10.1 Å². The minimum Gasteiger partial charge on any atom is -0.492 e. The maximum absolute atomic E-state index is 12.9. The molecule has 0 saturated carbocycles. The number of rotatable bonds is 5. The van der Waals surface area contributed by atoms with Gasteiger partial charge in [-0.25, -0.2) is 4.39 Å². The molecule has 0 bridgehead atoms. The predicted molar refractivity (Wildman–Crippen MR) is 74.5 cm³/mol. The third-order valence-electron chi connectivity index (χ3n) is 2.32. The first-order valence-corrected chi connectivity index (χ1v) is 6.41. The van der Waals surface area contributed by atoms with Crippen molar-refractivity contribution >= 4 is 21.6 Å². The van der Waals surface area contributed by atoms with Crippen molar-refractivity contribution in [3.05, 3.63) is 58.8 Å². The lowest BCUT2D eigenvalue weighted by Crippen LogP contribution is -2.11. The van der Waals surface area contributed by atoms with Gasteiger partial charge in [0.1, 0.15) is 18.2 Å². The molecular formula is C14H13BrFNO. The second kappa shape index (κ2) is 6.40. The van der Waals surface area contributed by atoms with Gasteiger partial charge in [-0.05, 0) is 30.3 Å². The third-order valence-corrected chi connectivity index (χ3v) is 2.81. The Hall–Kier alpha value is -1.55. The predicted octanol–water partition coefficient (Wildman–Crippen LogP) is 4.08. The highest BCUT2D eigenvalue weighted by atomic mass is 79.9. The molecule has 0 aliphatic carbocycles. The molecule has 0 aromatic heterocycles. The summed E-state index contributed by atoms with van der Waals surface area (Å²) in [7, 11) is 0. The molecule has 0 saturated heterocycles. The highest BCUT2D eigenvalue weighted by Gasteiger charge is 1.96. The molecule has 0 fully saturated rings. The summed E-state index contributed by atoms with van der Waals surface area (Å²) in [6.45, 7) is 1.14. The molecule has 18 heavy (non-hydrogen) atoms. The highest BCUT2D eigenvalue weighted by molar-refractivity contribution is 9.10. The second-order valence-corrected chi connectivity index (χ2v) is 4.66. The lowest BCUT2D eigenvalue weighted by molar-refractivity contribution is 0.331. The van der Waals surface area contributed by atoms with Crippen molar-refractivity contribution < 1.29 is 9.13 Å². The normalized spacial score (nSPS) is 10.1. The topological polar surface area (TPSA) is 21.3 Å². The van der Waals surface area contributed by atoms with E-state index in [-0.39, 0.29) is 5.82 Å². The largest absolute Gasteiger partial charge is 0.492 e. The Labute approximate surface area is 114 Å². The molecule has 0 heterocycles. The number of nitrogens with one attached hydrogen (secondary N) is 1. The fourth-order valence-corrected chi connectivity index (χ4v) is 1.92. The van der Waals surface area contributed by atoms with E-state index < -0.39 is 0 Å². The molecule has 2 rings (SSSR count). The van der Waals surface area contributed by atoms with Crippen molar-refractivity contribution in [2.24, 2.45) is 0 Å². The van der Waals surface area contributed by atoms with Crippen LogP contribution in [0.3, 0.4) is 0 Å². The molecule has 1 N–H and O–H groups in total. The van der Waals surface area contributed by atoms with Crippen LogP contribution in [0.15, 0.2) is 53.0 Å². The highest BCUT2D eigenvalue weighted by Crippen LogP contribution is 2.15. The Kier molecular flexibility index (Phi) is 4.59. The number of hydrogen-bond donors (Lipinski definition) is 1. The average Bonchev–Trinajstić information content (AvgIpc) is 2.35. The zero-order chi connectivity index (χ0) is 12.8. The van der Waals surface area contributed by atoms with Crippen LogP contribution in [0.25, 0.3) is 0 Å². The van der Waals surface area contributed by atoms with Crippen molar-refractivity contribution in [3.8, 4) is 5.75 Å². The Morgan fingerprint density at radius 1 is 1.11 bits per heavy atom. The van der Waals surface area contributed by atoms with Crippen LogP contribution in [0, 0.1) is 5.82 Å². The third kappa shape index (κ3) is 4.04. The minimum atomic E-state index is -0.285. The lowest BCUT2D eigenvalue weighted by atomic mass is 10.3. The number of halogens is 2. The van der Waals surface area contributed by atoms with Crippen molar-refractivity contribution in [1.82, 2.24) is 0 Å². The van der Waals surface area contributed by atoms with Gasteiger partial charge in [0, 0.05) is 22.8 Å². The van der Waals surface area contributed by atoms with Gasteiger partial charge in [-0.15, -0.1) is 0 Å². The molecule has 0 radical (unpaired) electrons. The molecule has 0 atom stereocenters. The molecule has 2 aromatic carbocycles. The van der Waals surface area contributed by atoms with Crippen molar-refractivity contribution in [3.63, 3.8) is 0 Å². The van der Waals surface area contributed by atoms with E-state index in [1.54, 1.807) is 12.1 Å². The Bertz CT molecular complexity index is 471. The van der Waals surface area contributed by atoms with E-state index in [1.807, 2.05) is 24.3 Å². The van der Waals surface area contributed by atoms with Gasteiger partial charge in [-0.3, -0.25) is 0 Å². The summed E-state index contributed by atoms with van der Waals surface area (Å²) >= 11 is 3.40. The van der Waals surface area contributed by atoms with Gasteiger partial charge in [0.25, 0.3) is 0 Å². The molecule has 0 aliphatic rings. The smallest absolute Gasteiger partial charge is 0.126 e. The monoisotopic (exact) mass is 309 g/mol. The second-order valence-electron chi connectivity index (χ2n) is 3.74. The average molecular weight is 310 g/mol. The fraction of sp³-hybridized carbons (Fsp3) is 0.143. The minimum absolute atomic E-state index is 0.285. The Morgan fingerprint density at radius 3 is 2.72 bits per heavy atom. The van der Waals surface area contributed by atoms with Gasteiger partial charge in [-0.2, -0.15) is 0 Å². The van der Waals surface area contributed by atoms with Crippen LogP contribution in [0.4, 0.5) is 10.1 Å². The van der Waals surface area contributed by atoms with E-state index in [2.05, 4.69) is 21.2 Å². The van der Waals surface area contributed by atoms with Crippen molar-refractivity contribution in [2.45, 2.75) is 0 Å². The van der Waals surface area contributed by atoms with Crippen LogP contribution in [0.5, 0.6) is 5.75 Å². The summed E-state index contributed by atoms with van der Waals surface area (Å²) in [5.41, 5.74) is 1.02. The van der Waals surface area contributed by atoms with E-state index in [0.717, 1.165) is 10.2 Å². The zero-order valence-corrected chi connectivity index (χ0v) is 11.3. The molecule has 0 amide bonds. The SMILES string of the molecule is Fc1cccc(OCCNc2cccc(Br)c2)c1. The number of hydrogen-bond acceptors (Lipinski definition) is 2. The summed E-state index contributed by atoms with van der Waals surface area (Å²) in [6, 6.07) is 14.0. The van der Waals surface area contributed by atoms with Crippen LogP contribution in [0.2, 0.25) is 0 Å². The molecule has 0 aliphatic heterocycles. The summed E-state index contributed by atoms with van der Waals surface area (Å²) < 4.78 is 19.3. The molecule has 0 unspecified atom stereocenters. The number of benzene rings is 2. The molecule has 2 aromatic rings. The maximum Gasteiger partial charge on any atom is 0.126 e. The van der Waals surface area contributed by atoms with Gasteiger partial charge in [0.15, 0.2) is 0 Å². The van der Waals surface area contributed by atoms with Crippen LogP contribution in [-0.4, -0.2) is 13.2 Å². The van der Waals surface area contributed by atoms with Gasteiger partial charge in [0.2, 0.25) is 0 Å². The van der Waals surface area contributed by atoms with Crippen LogP contribution in [0.1, 0.15) is 0 Å². The number of anilines is 1. The maximum atomic E-state index is 12.9. The number of ether oxygens (including phenoxy) is 1. The summed E-state index contributed by atoms with van der Waals surface area (Å²) in [5, 5.41) is 3.22. The molecular weight excluding hydrogens is 297 g/mol. The first kappa shape index (κ1) is 12.9. The van der Waals surface area contributed by atoms with Crippen LogP contribution >= 0.6 is 15.9 Å². The van der Waals surface area contributed by atoms with Crippen molar-refractivity contribution in [1.29, 1.82) is 0 Å². The van der Waals surface area contributed by atoms with E-state index in [1.165, 1.54) is 12.1 Å². The molecule has 2 nitrogen and oxygen atoms in total. The van der Waals surface area contributed by atoms with Crippen molar-refractivity contribution in [2.75, 3.05) is 18.5 Å². The molecule has 4 heteroatoms.